The van der Waals surface area contributed by atoms with E-state index in [-0.39, 0.29) is 31.8 Å². The van der Waals surface area contributed by atoms with Gasteiger partial charge >= 0.3 is 11.9 Å². The van der Waals surface area contributed by atoms with Crippen molar-refractivity contribution in [3.8, 4) is 0 Å². The van der Waals surface area contributed by atoms with E-state index < -0.39 is 25.2 Å². The number of hydrogen-bond donors (Lipinski definition) is 2. The zero-order valence-electron chi connectivity index (χ0n) is 14.9. The van der Waals surface area contributed by atoms with Crippen LogP contribution in [0, 0.1) is 5.92 Å². The molecule has 6 nitrogen and oxygen atoms in total. The van der Waals surface area contributed by atoms with Crippen LogP contribution >= 0.6 is 7.37 Å². The molecule has 0 heterocycles. The van der Waals surface area contributed by atoms with Crippen LogP contribution in [0.15, 0.2) is 60.7 Å². The van der Waals surface area contributed by atoms with Crippen molar-refractivity contribution >= 4 is 19.3 Å². The second-order valence-corrected chi connectivity index (χ2v) is 8.94. The summed E-state index contributed by atoms with van der Waals surface area (Å²) < 4.78 is 19.2. The maximum atomic E-state index is 13.5. The second-order valence-electron chi connectivity index (χ2n) is 6.37. The van der Waals surface area contributed by atoms with Gasteiger partial charge < -0.3 is 14.7 Å². The van der Waals surface area contributed by atoms with Crippen LogP contribution < -0.4 is 0 Å². The van der Waals surface area contributed by atoms with E-state index in [0.29, 0.717) is 0 Å². The molecular formula is C20H23O6P. The van der Waals surface area contributed by atoms with Crippen LogP contribution in [-0.4, -0.2) is 28.3 Å². The fourth-order valence-electron chi connectivity index (χ4n) is 2.72. The Hall–Kier alpha value is -2.43. The Morgan fingerprint density at radius 1 is 0.926 bits per heavy atom. The molecule has 0 radical (unpaired) electrons. The van der Waals surface area contributed by atoms with Crippen molar-refractivity contribution in [2.45, 2.75) is 25.6 Å². The lowest BCUT2D eigenvalue weighted by molar-refractivity contribution is -0.142. The Morgan fingerprint density at radius 3 is 2.00 bits per heavy atom. The Bertz CT molecular complexity index is 791. The first-order chi connectivity index (χ1) is 12.9. The van der Waals surface area contributed by atoms with Crippen molar-refractivity contribution in [3.63, 3.8) is 0 Å². The summed E-state index contributed by atoms with van der Waals surface area (Å²) in [6.45, 7) is 0.107. The molecule has 0 amide bonds. The highest BCUT2D eigenvalue weighted by Gasteiger charge is 2.32. The van der Waals surface area contributed by atoms with Crippen LogP contribution in [0.4, 0.5) is 0 Å². The number of carbonyl (C=O) groups is 2. The topological polar surface area (TPSA) is 101 Å². The van der Waals surface area contributed by atoms with Gasteiger partial charge in [-0.3, -0.25) is 14.2 Å². The van der Waals surface area contributed by atoms with Crippen LogP contribution in [0.2, 0.25) is 0 Å². The van der Waals surface area contributed by atoms with Crippen molar-refractivity contribution in [2.75, 3.05) is 6.16 Å². The quantitative estimate of drug-likeness (QED) is 0.557. The Balaban J connectivity index is 2.17. The fraction of sp³-hybridized carbons (Fsp3) is 0.300. The van der Waals surface area contributed by atoms with Gasteiger partial charge in [0, 0.05) is 18.7 Å². The second kappa shape index (κ2) is 10.0. The number of hydrogen-bond acceptors (Lipinski definition) is 4. The number of rotatable bonds is 11. The molecule has 0 saturated carbocycles. The minimum atomic E-state index is -3.35. The van der Waals surface area contributed by atoms with Crippen LogP contribution in [0.25, 0.3) is 0 Å². The number of aliphatic carboxylic acids is 2. The molecule has 0 aromatic heterocycles. The van der Waals surface area contributed by atoms with E-state index in [1.807, 2.05) is 60.7 Å². The third-order valence-corrected chi connectivity index (χ3v) is 6.57. The third-order valence-electron chi connectivity index (χ3n) is 4.13. The molecule has 0 bridgehead atoms. The molecular weight excluding hydrogens is 367 g/mol. The summed E-state index contributed by atoms with van der Waals surface area (Å²) in [4.78, 5) is 22.3. The zero-order chi connectivity index (χ0) is 19.7. The molecule has 2 aromatic carbocycles. The predicted octanol–water partition coefficient (Wildman–Crippen LogP) is 4.25. The van der Waals surface area contributed by atoms with Gasteiger partial charge in [-0.2, -0.15) is 0 Å². The maximum absolute atomic E-state index is 13.5. The smallest absolute Gasteiger partial charge is 0.307 e. The van der Waals surface area contributed by atoms with Gasteiger partial charge in [-0.05, 0) is 17.5 Å². The first kappa shape index (κ1) is 20.9. The van der Waals surface area contributed by atoms with Crippen molar-refractivity contribution in [1.82, 2.24) is 0 Å². The van der Waals surface area contributed by atoms with E-state index in [9.17, 15) is 19.3 Å². The Morgan fingerprint density at radius 2 is 1.48 bits per heavy atom. The van der Waals surface area contributed by atoms with Gasteiger partial charge in [-0.25, -0.2) is 0 Å². The molecule has 7 heteroatoms. The molecule has 2 N–H and O–H groups in total. The number of carboxylic acids is 2. The normalized spacial score (nSPS) is 14.2. The molecule has 144 valence electrons. The standard InChI is InChI=1S/C20H23O6P/c21-19(22)12-11-18(20(23)24)15-27(25,14-17-9-5-2-6-10-17)26-13-16-7-3-1-4-8-16/h1-10,18H,11-15H2,(H,21,22)(H,23,24). The molecule has 0 aliphatic carbocycles. The van der Waals surface area contributed by atoms with E-state index in [0.717, 1.165) is 11.1 Å². The molecule has 0 spiro atoms. The minimum absolute atomic E-state index is 0.0852. The van der Waals surface area contributed by atoms with Crippen LogP contribution in [0.3, 0.4) is 0 Å². The molecule has 2 atom stereocenters. The van der Waals surface area contributed by atoms with Gasteiger partial charge in [0.15, 0.2) is 0 Å². The number of benzene rings is 2. The molecule has 2 aromatic rings. The largest absolute Gasteiger partial charge is 0.481 e. The molecule has 0 aliphatic heterocycles. The van der Waals surface area contributed by atoms with Gasteiger partial charge in [0.2, 0.25) is 7.37 Å². The van der Waals surface area contributed by atoms with Gasteiger partial charge in [0.1, 0.15) is 0 Å². The maximum Gasteiger partial charge on any atom is 0.307 e. The van der Waals surface area contributed by atoms with Gasteiger partial charge in [-0.15, -0.1) is 0 Å². The predicted molar refractivity (Wildman–Crippen MR) is 102 cm³/mol. The summed E-state index contributed by atoms with van der Waals surface area (Å²) in [6.07, 6.45) is -0.464. The highest BCUT2D eigenvalue weighted by atomic mass is 31.2. The van der Waals surface area contributed by atoms with Gasteiger partial charge in [-0.1, -0.05) is 60.7 Å². The highest BCUT2D eigenvalue weighted by molar-refractivity contribution is 7.58. The minimum Gasteiger partial charge on any atom is -0.481 e. The van der Waals surface area contributed by atoms with Gasteiger partial charge in [0.05, 0.1) is 12.5 Å². The first-order valence-corrected chi connectivity index (χ1v) is 10.6. The molecule has 27 heavy (non-hydrogen) atoms. The third kappa shape index (κ3) is 7.37. The molecule has 0 fully saturated rings. The Kier molecular flexibility index (Phi) is 7.77. The molecule has 0 saturated heterocycles. The fourth-order valence-corrected chi connectivity index (χ4v) is 5.20. The van der Waals surface area contributed by atoms with Crippen molar-refractivity contribution in [3.05, 3.63) is 71.8 Å². The SMILES string of the molecule is O=C(O)CCC(CP(=O)(Cc1ccccc1)OCc1ccccc1)C(=O)O. The zero-order valence-corrected chi connectivity index (χ0v) is 15.8. The van der Waals surface area contributed by atoms with E-state index in [1.165, 1.54) is 0 Å². The van der Waals surface area contributed by atoms with E-state index in [4.69, 9.17) is 9.63 Å². The summed E-state index contributed by atoms with van der Waals surface area (Å²) in [5.74, 6) is -3.27. The van der Waals surface area contributed by atoms with Crippen LogP contribution in [-0.2, 0) is 31.4 Å². The summed E-state index contributed by atoms with van der Waals surface area (Å²) in [7, 11) is -3.35. The highest BCUT2D eigenvalue weighted by Crippen LogP contribution is 2.53. The Labute approximate surface area is 158 Å². The lowest BCUT2D eigenvalue weighted by Crippen LogP contribution is -2.20. The van der Waals surface area contributed by atoms with Crippen LogP contribution in [0.5, 0.6) is 0 Å². The van der Waals surface area contributed by atoms with E-state index in [2.05, 4.69) is 0 Å². The molecule has 0 aliphatic rings. The monoisotopic (exact) mass is 390 g/mol. The van der Waals surface area contributed by atoms with E-state index in [1.54, 1.807) is 0 Å². The van der Waals surface area contributed by atoms with Crippen LogP contribution in [0.1, 0.15) is 24.0 Å². The lowest BCUT2D eigenvalue weighted by atomic mass is 10.1. The summed E-state index contributed by atoms with van der Waals surface area (Å²) in [6, 6.07) is 18.3. The summed E-state index contributed by atoms with van der Waals surface area (Å²) in [5, 5.41) is 18.3. The first-order valence-electron chi connectivity index (χ1n) is 8.63. The lowest BCUT2D eigenvalue weighted by Gasteiger charge is -2.22. The number of carboxylic acid groups (broad SMARTS) is 2. The molecule has 2 unspecified atom stereocenters. The summed E-state index contributed by atoms with van der Waals surface area (Å²) in [5.41, 5.74) is 1.62. The summed E-state index contributed by atoms with van der Waals surface area (Å²) >= 11 is 0. The average molecular weight is 390 g/mol. The average Bonchev–Trinajstić information content (AvgIpc) is 2.65. The van der Waals surface area contributed by atoms with Crippen molar-refractivity contribution < 1.29 is 28.9 Å². The van der Waals surface area contributed by atoms with E-state index >= 15 is 0 Å². The van der Waals surface area contributed by atoms with Crippen molar-refractivity contribution in [2.24, 2.45) is 5.92 Å². The molecule has 2 rings (SSSR count). The van der Waals surface area contributed by atoms with Crippen molar-refractivity contribution in [1.29, 1.82) is 0 Å². The van der Waals surface area contributed by atoms with Gasteiger partial charge in [0.25, 0.3) is 0 Å².